The van der Waals surface area contributed by atoms with Gasteiger partial charge in [-0.15, -0.1) is 0 Å². The van der Waals surface area contributed by atoms with E-state index in [2.05, 4.69) is 18.2 Å². The Morgan fingerprint density at radius 1 is 1.05 bits per heavy atom. The molecule has 6 aliphatic rings. The first kappa shape index (κ1) is 12.1. The summed E-state index contributed by atoms with van der Waals surface area (Å²) in [7, 11) is 0. The number of hydrogen-bond donors (Lipinski definition) is 0. The highest BCUT2D eigenvalue weighted by atomic mass is 16.1. The molecule has 0 saturated heterocycles. The summed E-state index contributed by atoms with van der Waals surface area (Å²) in [4.78, 5) is 13.0. The van der Waals surface area contributed by atoms with E-state index in [0.29, 0.717) is 5.78 Å². The van der Waals surface area contributed by atoms with E-state index in [1.165, 1.54) is 55.2 Å². The van der Waals surface area contributed by atoms with Crippen LogP contribution in [0.15, 0.2) is 29.3 Å². The van der Waals surface area contributed by atoms with E-state index in [4.69, 9.17) is 0 Å². The van der Waals surface area contributed by atoms with Crippen LogP contribution in [0.1, 0.15) is 73.5 Å². The van der Waals surface area contributed by atoms with E-state index >= 15 is 0 Å². The molecule has 1 aromatic rings. The van der Waals surface area contributed by atoms with Gasteiger partial charge in [-0.2, -0.15) is 0 Å². The number of benzene rings is 1. The molecule has 1 saturated carbocycles. The number of aryl methyl sites for hydroxylation is 1. The molecule has 7 bridgehead atoms. The molecule has 6 aliphatic carbocycles. The third-order valence-electron chi connectivity index (χ3n) is 7.71. The van der Waals surface area contributed by atoms with Gasteiger partial charge in [-0.3, -0.25) is 4.79 Å². The second-order valence-corrected chi connectivity index (χ2v) is 8.40. The van der Waals surface area contributed by atoms with E-state index in [0.717, 1.165) is 24.7 Å². The Morgan fingerprint density at radius 2 is 2.00 bits per heavy atom. The van der Waals surface area contributed by atoms with Crippen LogP contribution in [0, 0.1) is 11.3 Å². The number of allylic oxidation sites excluding steroid dienone is 2. The molecule has 1 spiro atoms. The first-order valence-corrected chi connectivity index (χ1v) is 9.14. The van der Waals surface area contributed by atoms with Crippen molar-refractivity contribution in [3.63, 3.8) is 0 Å². The smallest absolute Gasteiger partial charge is 0.141 e. The van der Waals surface area contributed by atoms with Gasteiger partial charge in [0.15, 0.2) is 0 Å². The molecule has 0 aliphatic heterocycles. The monoisotopic (exact) mass is 290 g/mol. The highest BCUT2D eigenvalue weighted by Gasteiger charge is 2.58. The van der Waals surface area contributed by atoms with Gasteiger partial charge in [0.1, 0.15) is 5.78 Å². The third-order valence-corrected chi connectivity index (χ3v) is 7.71. The zero-order valence-electron chi connectivity index (χ0n) is 13.0. The van der Waals surface area contributed by atoms with Crippen molar-refractivity contribution in [1.82, 2.24) is 0 Å². The summed E-state index contributed by atoms with van der Waals surface area (Å²) >= 11 is 0. The van der Waals surface area contributed by atoms with Crippen LogP contribution in [-0.2, 0) is 11.2 Å². The minimum absolute atomic E-state index is 0.200. The van der Waals surface area contributed by atoms with Gasteiger partial charge in [0.05, 0.1) is 5.92 Å². The Labute approximate surface area is 131 Å². The maximum atomic E-state index is 13.0. The lowest BCUT2D eigenvalue weighted by Crippen LogP contribution is -2.36. The van der Waals surface area contributed by atoms with Gasteiger partial charge in [0.2, 0.25) is 0 Å². The number of Topliss-reactive ketones (excluding diaryl/α,β-unsaturated/α-hetero) is 1. The van der Waals surface area contributed by atoms with Crippen LogP contribution >= 0.6 is 0 Å². The summed E-state index contributed by atoms with van der Waals surface area (Å²) in [5, 5.41) is 0. The van der Waals surface area contributed by atoms with Crippen molar-refractivity contribution in [2.75, 3.05) is 0 Å². The van der Waals surface area contributed by atoms with Crippen molar-refractivity contribution in [3.05, 3.63) is 46.0 Å². The second kappa shape index (κ2) is 3.75. The highest BCUT2D eigenvalue weighted by Crippen LogP contribution is 2.68. The molecule has 0 radical (unpaired) electrons. The maximum absolute atomic E-state index is 13.0. The Hall–Kier alpha value is -1.37. The van der Waals surface area contributed by atoms with E-state index in [1.807, 2.05) is 0 Å². The molecule has 4 atom stereocenters. The second-order valence-electron chi connectivity index (χ2n) is 8.40. The van der Waals surface area contributed by atoms with Crippen molar-refractivity contribution < 1.29 is 4.79 Å². The summed E-state index contributed by atoms with van der Waals surface area (Å²) in [6.07, 6.45) is 9.55. The lowest BCUT2D eigenvalue weighted by atomic mass is 9.61. The largest absolute Gasteiger partial charge is 0.299 e. The van der Waals surface area contributed by atoms with Crippen molar-refractivity contribution in [1.29, 1.82) is 0 Å². The molecule has 1 fully saturated rings. The van der Waals surface area contributed by atoms with Gasteiger partial charge >= 0.3 is 0 Å². The molecule has 1 heteroatoms. The Bertz CT molecular complexity index is 755. The zero-order chi connectivity index (χ0) is 14.5. The van der Waals surface area contributed by atoms with E-state index < -0.39 is 0 Å². The van der Waals surface area contributed by atoms with Gasteiger partial charge in [0.25, 0.3) is 0 Å². The van der Waals surface area contributed by atoms with Gasteiger partial charge in [-0.25, -0.2) is 0 Å². The normalized spacial score (nSPS) is 40.7. The summed E-state index contributed by atoms with van der Waals surface area (Å²) in [5.74, 6) is 2.28. The fraction of sp³-hybridized carbons (Fsp3) is 0.571. The van der Waals surface area contributed by atoms with Crippen LogP contribution in [0.5, 0.6) is 0 Å². The van der Waals surface area contributed by atoms with Crippen LogP contribution in [-0.4, -0.2) is 5.78 Å². The van der Waals surface area contributed by atoms with Crippen LogP contribution < -0.4 is 0 Å². The zero-order valence-corrected chi connectivity index (χ0v) is 13.0. The first-order valence-electron chi connectivity index (χ1n) is 9.14. The number of hydrogen-bond acceptors (Lipinski definition) is 1. The molecular weight excluding hydrogens is 268 g/mol. The molecule has 4 unspecified atom stereocenters. The van der Waals surface area contributed by atoms with Crippen LogP contribution in [0.2, 0.25) is 0 Å². The Morgan fingerprint density at radius 3 is 2.95 bits per heavy atom. The first-order chi connectivity index (χ1) is 10.8. The standard InChI is InChI=1S/C21H22O/c22-19-6-4-12-1-2-13-10-17(12)20(19)21-8-7-15(11-21)16-9-14(13)3-5-18(16)21/h1-2,10,14-15,20H,3-9,11H2. The average Bonchev–Trinajstić information content (AvgIpc) is 3.12. The molecule has 0 heterocycles. The predicted molar refractivity (Wildman–Crippen MR) is 85.9 cm³/mol. The van der Waals surface area contributed by atoms with Crippen LogP contribution in [0.4, 0.5) is 0 Å². The molecule has 0 amide bonds. The van der Waals surface area contributed by atoms with E-state index in [1.54, 1.807) is 11.1 Å². The molecule has 7 rings (SSSR count). The van der Waals surface area contributed by atoms with E-state index in [9.17, 15) is 4.79 Å². The molecule has 1 nitrogen and oxygen atoms in total. The molecule has 1 aromatic carbocycles. The lowest BCUT2D eigenvalue weighted by Gasteiger charge is -2.42. The third kappa shape index (κ3) is 1.23. The number of rotatable bonds is 0. The SMILES string of the molecule is O=C1CCc2ccc3cc2C1C12CCC(C1)C1=C2CCC3C1. The molecular formula is C21H22O. The fourth-order valence-electron chi connectivity index (χ4n) is 6.86. The summed E-state index contributed by atoms with van der Waals surface area (Å²) in [6.45, 7) is 0. The minimum atomic E-state index is 0.200. The van der Waals surface area contributed by atoms with Crippen molar-refractivity contribution in [2.45, 2.75) is 63.2 Å². The van der Waals surface area contributed by atoms with E-state index in [-0.39, 0.29) is 11.3 Å². The summed E-state index contributed by atoms with van der Waals surface area (Å²) < 4.78 is 0. The fourth-order valence-corrected chi connectivity index (χ4v) is 6.86. The maximum Gasteiger partial charge on any atom is 0.141 e. The van der Waals surface area contributed by atoms with Crippen molar-refractivity contribution in [3.8, 4) is 0 Å². The molecule has 0 N–H and O–H groups in total. The van der Waals surface area contributed by atoms with Gasteiger partial charge < -0.3 is 0 Å². The van der Waals surface area contributed by atoms with Gasteiger partial charge in [-0.05, 0) is 73.5 Å². The summed E-state index contributed by atoms with van der Waals surface area (Å²) in [6, 6.07) is 7.18. The van der Waals surface area contributed by atoms with Crippen LogP contribution in [0.3, 0.4) is 0 Å². The molecule has 0 aromatic heterocycles. The molecule has 22 heavy (non-hydrogen) atoms. The predicted octanol–water partition coefficient (Wildman–Crippen LogP) is 4.66. The van der Waals surface area contributed by atoms with Crippen molar-refractivity contribution >= 4 is 5.78 Å². The quantitative estimate of drug-likeness (QED) is 0.635. The lowest BCUT2D eigenvalue weighted by molar-refractivity contribution is -0.123. The topological polar surface area (TPSA) is 17.1 Å². The van der Waals surface area contributed by atoms with Gasteiger partial charge in [0, 0.05) is 11.8 Å². The Kier molecular flexibility index (Phi) is 2.06. The minimum Gasteiger partial charge on any atom is -0.299 e. The molecule has 112 valence electrons. The number of carbonyl (C=O) groups excluding carboxylic acids is 1. The Balaban J connectivity index is 1.71. The summed E-state index contributed by atoms with van der Waals surface area (Å²) in [5.41, 5.74) is 8.22. The average molecular weight is 290 g/mol. The van der Waals surface area contributed by atoms with Crippen LogP contribution in [0.25, 0.3) is 0 Å². The number of fused-ring (bicyclic) bond motifs is 2. The highest BCUT2D eigenvalue weighted by molar-refractivity contribution is 5.90. The number of ketones is 1. The van der Waals surface area contributed by atoms with Crippen molar-refractivity contribution in [2.24, 2.45) is 11.3 Å². The van der Waals surface area contributed by atoms with Gasteiger partial charge in [-0.1, -0.05) is 29.3 Å². The number of carbonyl (C=O) groups is 1.